The van der Waals surface area contributed by atoms with Gasteiger partial charge in [-0.05, 0) is 18.6 Å². The van der Waals surface area contributed by atoms with Gasteiger partial charge >= 0.3 is 6.16 Å². The molecule has 0 radical (unpaired) electrons. The molecule has 0 aliphatic carbocycles. The molecule has 0 saturated heterocycles. The van der Waals surface area contributed by atoms with Gasteiger partial charge < -0.3 is 9.47 Å². The van der Waals surface area contributed by atoms with E-state index in [9.17, 15) is 4.79 Å². The second-order valence-electron chi connectivity index (χ2n) is 2.87. The SMILES string of the molecule is C=CC(OC(=O)OCC)c1ccccc1. The lowest BCUT2D eigenvalue weighted by Crippen LogP contribution is -2.11. The zero-order chi connectivity index (χ0) is 11.1. The highest BCUT2D eigenvalue weighted by molar-refractivity contribution is 5.60. The number of hydrogen-bond donors (Lipinski definition) is 0. The molecule has 1 atom stereocenters. The first-order valence-electron chi connectivity index (χ1n) is 4.78. The maximum absolute atomic E-state index is 11.1. The Morgan fingerprint density at radius 2 is 2.13 bits per heavy atom. The van der Waals surface area contributed by atoms with Crippen molar-refractivity contribution in [3.63, 3.8) is 0 Å². The lowest BCUT2D eigenvalue weighted by Gasteiger charge is -2.13. The van der Waals surface area contributed by atoms with Crippen molar-refractivity contribution in [2.24, 2.45) is 0 Å². The summed E-state index contributed by atoms with van der Waals surface area (Å²) in [6.45, 7) is 5.65. The van der Waals surface area contributed by atoms with Gasteiger partial charge in [0.2, 0.25) is 0 Å². The van der Waals surface area contributed by atoms with Gasteiger partial charge in [-0.25, -0.2) is 4.79 Å². The molecule has 0 aromatic heterocycles. The van der Waals surface area contributed by atoms with Crippen LogP contribution in [-0.4, -0.2) is 12.8 Å². The largest absolute Gasteiger partial charge is 0.509 e. The Hall–Kier alpha value is -1.77. The number of rotatable bonds is 4. The highest BCUT2D eigenvalue weighted by atomic mass is 16.7. The third-order valence-electron chi connectivity index (χ3n) is 1.83. The van der Waals surface area contributed by atoms with E-state index in [0.29, 0.717) is 6.61 Å². The van der Waals surface area contributed by atoms with Gasteiger partial charge in [-0.1, -0.05) is 36.9 Å². The summed E-state index contributed by atoms with van der Waals surface area (Å²) < 4.78 is 9.73. The summed E-state index contributed by atoms with van der Waals surface area (Å²) in [5.41, 5.74) is 0.876. The summed E-state index contributed by atoms with van der Waals surface area (Å²) in [7, 11) is 0. The van der Waals surface area contributed by atoms with Gasteiger partial charge in [-0.15, -0.1) is 0 Å². The van der Waals surface area contributed by atoms with Crippen LogP contribution >= 0.6 is 0 Å². The Balaban J connectivity index is 2.65. The van der Waals surface area contributed by atoms with E-state index in [-0.39, 0.29) is 0 Å². The van der Waals surface area contributed by atoms with Crippen molar-refractivity contribution < 1.29 is 14.3 Å². The Labute approximate surface area is 89.3 Å². The van der Waals surface area contributed by atoms with E-state index >= 15 is 0 Å². The lowest BCUT2D eigenvalue weighted by atomic mass is 10.1. The minimum absolute atomic E-state index is 0.303. The van der Waals surface area contributed by atoms with E-state index in [1.165, 1.54) is 0 Å². The quantitative estimate of drug-likeness (QED) is 0.561. The van der Waals surface area contributed by atoms with E-state index in [4.69, 9.17) is 4.74 Å². The molecule has 80 valence electrons. The second-order valence-corrected chi connectivity index (χ2v) is 2.87. The molecule has 0 fully saturated rings. The summed E-state index contributed by atoms with van der Waals surface area (Å²) in [6.07, 6.45) is 0.434. The van der Waals surface area contributed by atoms with Crippen LogP contribution in [-0.2, 0) is 9.47 Å². The molecule has 0 heterocycles. The van der Waals surface area contributed by atoms with E-state index in [1.54, 1.807) is 13.0 Å². The standard InChI is InChI=1S/C12H14O3/c1-3-11(15-12(13)14-4-2)10-8-6-5-7-9-10/h3,5-9,11H,1,4H2,2H3. The number of carbonyl (C=O) groups excluding carboxylic acids is 1. The molecule has 3 nitrogen and oxygen atoms in total. The van der Waals surface area contributed by atoms with Crippen LogP contribution in [0.4, 0.5) is 4.79 Å². The van der Waals surface area contributed by atoms with Crippen LogP contribution in [0.15, 0.2) is 43.0 Å². The molecule has 1 aromatic carbocycles. The van der Waals surface area contributed by atoms with Crippen molar-refractivity contribution >= 4 is 6.16 Å². The Morgan fingerprint density at radius 1 is 1.47 bits per heavy atom. The third-order valence-corrected chi connectivity index (χ3v) is 1.83. The molecule has 1 rings (SSSR count). The van der Waals surface area contributed by atoms with Crippen LogP contribution in [0.1, 0.15) is 18.6 Å². The van der Waals surface area contributed by atoms with Crippen molar-refractivity contribution in [2.75, 3.05) is 6.61 Å². The molecule has 0 amide bonds. The molecule has 3 heteroatoms. The molecular weight excluding hydrogens is 192 g/mol. The van der Waals surface area contributed by atoms with Gasteiger partial charge in [-0.2, -0.15) is 0 Å². The van der Waals surface area contributed by atoms with Gasteiger partial charge in [0.1, 0.15) is 6.10 Å². The zero-order valence-electron chi connectivity index (χ0n) is 8.68. The molecule has 0 spiro atoms. The van der Waals surface area contributed by atoms with Gasteiger partial charge in [0.05, 0.1) is 6.61 Å². The van der Waals surface area contributed by atoms with Crippen molar-refractivity contribution in [3.8, 4) is 0 Å². The van der Waals surface area contributed by atoms with Crippen LogP contribution in [0.2, 0.25) is 0 Å². The lowest BCUT2D eigenvalue weighted by molar-refractivity contribution is 0.0402. The molecule has 0 aliphatic heterocycles. The summed E-state index contributed by atoms with van der Waals surface area (Å²) in [5, 5.41) is 0. The van der Waals surface area contributed by atoms with Crippen LogP contribution in [0, 0.1) is 0 Å². The van der Waals surface area contributed by atoms with E-state index in [1.807, 2.05) is 30.3 Å². The maximum Gasteiger partial charge on any atom is 0.509 e. The number of benzene rings is 1. The van der Waals surface area contributed by atoms with E-state index < -0.39 is 12.3 Å². The summed E-state index contributed by atoms with van der Waals surface area (Å²) >= 11 is 0. The van der Waals surface area contributed by atoms with Crippen LogP contribution in [0.3, 0.4) is 0 Å². The summed E-state index contributed by atoms with van der Waals surface area (Å²) in [5.74, 6) is 0. The molecule has 0 bridgehead atoms. The monoisotopic (exact) mass is 206 g/mol. The molecule has 0 N–H and O–H groups in total. The first kappa shape index (κ1) is 11.3. The van der Waals surface area contributed by atoms with Crippen molar-refractivity contribution in [1.82, 2.24) is 0 Å². The van der Waals surface area contributed by atoms with Crippen LogP contribution in [0.5, 0.6) is 0 Å². The predicted molar refractivity (Wildman–Crippen MR) is 57.5 cm³/mol. The first-order valence-corrected chi connectivity index (χ1v) is 4.78. The average Bonchev–Trinajstić information content (AvgIpc) is 2.27. The van der Waals surface area contributed by atoms with E-state index in [2.05, 4.69) is 11.3 Å². The fourth-order valence-electron chi connectivity index (χ4n) is 1.15. The summed E-state index contributed by atoms with van der Waals surface area (Å²) in [4.78, 5) is 11.1. The average molecular weight is 206 g/mol. The third kappa shape index (κ3) is 3.46. The normalized spacial score (nSPS) is 11.5. The van der Waals surface area contributed by atoms with Crippen molar-refractivity contribution in [2.45, 2.75) is 13.0 Å². The number of ether oxygens (including phenoxy) is 2. The smallest absolute Gasteiger partial charge is 0.435 e. The molecule has 0 saturated carbocycles. The molecule has 1 aromatic rings. The second kappa shape index (κ2) is 5.86. The fourth-order valence-corrected chi connectivity index (χ4v) is 1.15. The minimum atomic E-state index is -0.675. The molecule has 15 heavy (non-hydrogen) atoms. The van der Waals surface area contributed by atoms with Crippen molar-refractivity contribution in [3.05, 3.63) is 48.6 Å². The molecule has 1 unspecified atom stereocenters. The van der Waals surface area contributed by atoms with Crippen LogP contribution < -0.4 is 0 Å². The molecular formula is C12H14O3. The van der Waals surface area contributed by atoms with Gasteiger partial charge in [0.15, 0.2) is 0 Å². The first-order chi connectivity index (χ1) is 7.27. The summed E-state index contributed by atoms with van der Waals surface area (Å²) in [6, 6.07) is 9.38. The Morgan fingerprint density at radius 3 is 2.67 bits per heavy atom. The topological polar surface area (TPSA) is 35.5 Å². The highest BCUT2D eigenvalue weighted by Crippen LogP contribution is 2.18. The van der Waals surface area contributed by atoms with Gasteiger partial charge in [0.25, 0.3) is 0 Å². The maximum atomic E-state index is 11.1. The number of hydrogen-bond acceptors (Lipinski definition) is 3. The minimum Gasteiger partial charge on any atom is -0.435 e. The Bertz CT molecular complexity index is 319. The van der Waals surface area contributed by atoms with Crippen LogP contribution in [0.25, 0.3) is 0 Å². The van der Waals surface area contributed by atoms with Gasteiger partial charge in [-0.3, -0.25) is 0 Å². The fraction of sp³-hybridized carbons (Fsp3) is 0.250. The predicted octanol–water partition coefficient (Wildman–Crippen LogP) is 3.09. The Kier molecular flexibility index (Phi) is 4.41. The van der Waals surface area contributed by atoms with Gasteiger partial charge in [0, 0.05) is 0 Å². The van der Waals surface area contributed by atoms with E-state index in [0.717, 1.165) is 5.56 Å². The number of carbonyl (C=O) groups is 1. The highest BCUT2D eigenvalue weighted by Gasteiger charge is 2.13. The van der Waals surface area contributed by atoms with Crippen molar-refractivity contribution in [1.29, 1.82) is 0 Å². The zero-order valence-corrected chi connectivity index (χ0v) is 8.68. The molecule has 0 aliphatic rings.